The number of hydrogen-bond acceptors (Lipinski definition) is 3. The fraction of sp³-hybridized carbons (Fsp3) is 0.250. The summed E-state index contributed by atoms with van der Waals surface area (Å²) in [6.07, 6.45) is -0.669. The van der Waals surface area contributed by atoms with E-state index < -0.39 is 12.2 Å². The van der Waals surface area contributed by atoms with Crippen molar-refractivity contribution in [3.8, 4) is 11.5 Å². The zero-order valence-electron chi connectivity index (χ0n) is 11.1. The van der Waals surface area contributed by atoms with Crippen LogP contribution in [0.25, 0.3) is 0 Å². The minimum atomic E-state index is -0.685. The van der Waals surface area contributed by atoms with Crippen molar-refractivity contribution in [3.05, 3.63) is 58.1 Å². The van der Waals surface area contributed by atoms with Gasteiger partial charge in [0, 0.05) is 6.42 Å². The van der Waals surface area contributed by atoms with E-state index in [4.69, 9.17) is 32.7 Å². The van der Waals surface area contributed by atoms with Crippen molar-refractivity contribution in [1.29, 1.82) is 0 Å². The third kappa shape index (κ3) is 3.26. The summed E-state index contributed by atoms with van der Waals surface area (Å²) < 4.78 is 11.4. The van der Waals surface area contributed by atoms with E-state index in [0.717, 1.165) is 5.56 Å². The van der Waals surface area contributed by atoms with Gasteiger partial charge in [-0.25, -0.2) is 0 Å². The predicted octanol–water partition coefficient (Wildman–Crippen LogP) is 3.74. The first-order valence-electron chi connectivity index (χ1n) is 6.64. The summed E-state index contributed by atoms with van der Waals surface area (Å²) in [7, 11) is 0. The topological polar surface area (TPSA) is 38.7 Å². The molecule has 110 valence electrons. The number of aliphatic hydroxyl groups is 1. The third-order valence-electron chi connectivity index (χ3n) is 3.39. The lowest BCUT2D eigenvalue weighted by Gasteiger charge is -2.29. The Balaban J connectivity index is 1.69. The number of benzene rings is 2. The van der Waals surface area contributed by atoms with E-state index in [0.29, 0.717) is 34.6 Å². The van der Waals surface area contributed by atoms with Crippen LogP contribution in [0.1, 0.15) is 5.56 Å². The molecule has 0 bridgehead atoms. The molecule has 0 fully saturated rings. The first-order chi connectivity index (χ1) is 10.1. The van der Waals surface area contributed by atoms with Gasteiger partial charge in [-0.15, -0.1) is 0 Å². The molecule has 2 aromatic rings. The Labute approximate surface area is 133 Å². The van der Waals surface area contributed by atoms with Crippen molar-refractivity contribution < 1.29 is 14.6 Å². The van der Waals surface area contributed by atoms with Crippen LogP contribution >= 0.6 is 23.2 Å². The third-order valence-corrected chi connectivity index (χ3v) is 4.13. The van der Waals surface area contributed by atoms with Gasteiger partial charge in [-0.2, -0.15) is 0 Å². The minimum Gasteiger partial charge on any atom is -0.486 e. The predicted molar refractivity (Wildman–Crippen MR) is 82.5 cm³/mol. The van der Waals surface area contributed by atoms with Gasteiger partial charge in [0.2, 0.25) is 0 Å². The van der Waals surface area contributed by atoms with Gasteiger partial charge < -0.3 is 14.6 Å². The molecule has 1 aliphatic heterocycles. The SMILES string of the molecule is OC(Cc1ccc(Cl)c(Cl)c1)C1COc2ccccc2O1. The second kappa shape index (κ2) is 6.14. The fourth-order valence-corrected chi connectivity index (χ4v) is 2.59. The van der Waals surface area contributed by atoms with Crippen LogP contribution in [0.4, 0.5) is 0 Å². The molecule has 1 heterocycles. The molecule has 0 saturated carbocycles. The summed E-state index contributed by atoms with van der Waals surface area (Å²) in [6, 6.07) is 12.7. The molecule has 0 aromatic heterocycles. The van der Waals surface area contributed by atoms with E-state index in [-0.39, 0.29) is 0 Å². The summed E-state index contributed by atoms with van der Waals surface area (Å²) in [6.45, 7) is 0.319. The van der Waals surface area contributed by atoms with E-state index >= 15 is 0 Å². The van der Waals surface area contributed by atoms with Gasteiger partial charge in [-0.3, -0.25) is 0 Å². The first-order valence-corrected chi connectivity index (χ1v) is 7.39. The summed E-state index contributed by atoms with van der Waals surface area (Å²) >= 11 is 11.9. The molecule has 5 heteroatoms. The van der Waals surface area contributed by atoms with Gasteiger partial charge in [-0.05, 0) is 29.8 Å². The Hall–Kier alpha value is -1.42. The smallest absolute Gasteiger partial charge is 0.161 e. The number of fused-ring (bicyclic) bond motifs is 1. The van der Waals surface area contributed by atoms with Gasteiger partial charge in [0.1, 0.15) is 6.61 Å². The van der Waals surface area contributed by atoms with Crippen molar-refractivity contribution in [2.75, 3.05) is 6.61 Å². The van der Waals surface area contributed by atoms with Crippen LogP contribution in [0, 0.1) is 0 Å². The molecule has 1 aliphatic rings. The molecule has 2 atom stereocenters. The highest BCUT2D eigenvalue weighted by atomic mass is 35.5. The van der Waals surface area contributed by atoms with Crippen LogP contribution in [0.15, 0.2) is 42.5 Å². The molecular weight excluding hydrogens is 311 g/mol. The molecule has 0 aliphatic carbocycles. The Kier molecular flexibility index (Phi) is 4.24. The number of para-hydroxylation sites is 2. The van der Waals surface area contributed by atoms with E-state index in [1.807, 2.05) is 30.3 Å². The summed E-state index contributed by atoms with van der Waals surface area (Å²) in [5, 5.41) is 11.3. The second-order valence-electron chi connectivity index (χ2n) is 4.93. The lowest BCUT2D eigenvalue weighted by Crippen LogP contribution is -2.40. The average molecular weight is 325 g/mol. The lowest BCUT2D eigenvalue weighted by molar-refractivity contribution is -0.00941. The Morgan fingerprint density at radius 3 is 2.62 bits per heavy atom. The molecule has 0 radical (unpaired) electrons. The number of hydrogen-bond donors (Lipinski definition) is 1. The largest absolute Gasteiger partial charge is 0.486 e. The van der Waals surface area contributed by atoms with Gasteiger partial charge in [0.25, 0.3) is 0 Å². The molecule has 2 unspecified atom stereocenters. The maximum Gasteiger partial charge on any atom is 0.161 e. The number of rotatable bonds is 3. The standard InChI is InChI=1S/C16H14Cl2O3/c17-11-6-5-10(7-12(11)18)8-13(19)16-9-20-14-3-1-2-4-15(14)21-16/h1-7,13,16,19H,8-9H2. The van der Waals surface area contributed by atoms with Crippen LogP contribution in [0.3, 0.4) is 0 Å². The normalized spacial score (nSPS) is 18.3. The average Bonchev–Trinajstić information content (AvgIpc) is 2.50. The first kappa shape index (κ1) is 14.5. The van der Waals surface area contributed by atoms with Crippen molar-refractivity contribution in [3.63, 3.8) is 0 Å². The minimum absolute atomic E-state index is 0.319. The maximum absolute atomic E-state index is 10.3. The molecule has 1 N–H and O–H groups in total. The van der Waals surface area contributed by atoms with E-state index in [1.165, 1.54) is 0 Å². The summed E-state index contributed by atoms with van der Waals surface area (Å²) in [5.41, 5.74) is 0.902. The Morgan fingerprint density at radius 2 is 1.86 bits per heavy atom. The zero-order valence-corrected chi connectivity index (χ0v) is 12.6. The molecular formula is C16H14Cl2O3. The quantitative estimate of drug-likeness (QED) is 0.934. The monoisotopic (exact) mass is 324 g/mol. The van der Waals surface area contributed by atoms with Crippen LogP contribution in [-0.4, -0.2) is 23.9 Å². The van der Waals surface area contributed by atoms with Crippen molar-refractivity contribution in [1.82, 2.24) is 0 Å². The Morgan fingerprint density at radius 1 is 1.10 bits per heavy atom. The van der Waals surface area contributed by atoms with Gasteiger partial charge in [0.05, 0.1) is 16.1 Å². The number of halogens is 2. The molecule has 3 nitrogen and oxygen atoms in total. The van der Waals surface area contributed by atoms with Crippen LogP contribution in [0.2, 0.25) is 10.0 Å². The van der Waals surface area contributed by atoms with E-state index in [2.05, 4.69) is 0 Å². The van der Waals surface area contributed by atoms with Gasteiger partial charge in [0.15, 0.2) is 17.6 Å². The molecule has 21 heavy (non-hydrogen) atoms. The summed E-state index contributed by atoms with van der Waals surface area (Å²) in [4.78, 5) is 0. The highest BCUT2D eigenvalue weighted by Gasteiger charge is 2.27. The second-order valence-corrected chi connectivity index (χ2v) is 5.75. The van der Waals surface area contributed by atoms with Gasteiger partial charge >= 0.3 is 0 Å². The van der Waals surface area contributed by atoms with Crippen LogP contribution < -0.4 is 9.47 Å². The van der Waals surface area contributed by atoms with E-state index in [9.17, 15) is 5.11 Å². The fourth-order valence-electron chi connectivity index (χ4n) is 2.26. The van der Waals surface area contributed by atoms with Crippen LogP contribution in [-0.2, 0) is 6.42 Å². The van der Waals surface area contributed by atoms with Crippen molar-refractivity contribution in [2.45, 2.75) is 18.6 Å². The maximum atomic E-state index is 10.3. The zero-order chi connectivity index (χ0) is 14.8. The molecule has 2 aromatic carbocycles. The van der Waals surface area contributed by atoms with E-state index in [1.54, 1.807) is 12.1 Å². The number of ether oxygens (including phenoxy) is 2. The highest BCUT2D eigenvalue weighted by molar-refractivity contribution is 6.42. The van der Waals surface area contributed by atoms with Crippen molar-refractivity contribution in [2.24, 2.45) is 0 Å². The highest BCUT2D eigenvalue weighted by Crippen LogP contribution is 2.32. The molecule has 0 amide bonds. The molecule has 0 spiro atoms. The van der Waals surface area contributed by atoms with Gasteiger partial charge in [-0.1, -0.05) is 41.4 Å². The Bertz CT molecular complexity index is 645. The van der Waals surface area contributed by atoms with Crippen molar-refractivity contribution >= 4 is 23.2 Å². The number of aliphatic hydroxyl groups excluding tert-OH is 1. The summed E-state index contributed by atoms with van der Waals surface area (Å²) in [5.74, 6) is 1.36. The van der Waals surface area contributed by atoms with Crippen LogP contribution in [0.5, 0.6) is 11.5 Å². The molecule has 0 saturated heterocycles. The lowest BCUT2D eigenvalue weighted by atomic mass is 10.0. The molecule has 3 rings (SSSR count).